The average molecular weight is 342 g/mol. The Morgan fingerprint density at radius 2 is 0.864 bits per heavy atom. The second kappa shape index (κ2) is 10.3. The molecule has 0 amide bonds. The van der Waals surface area contributed by atoms with Gasteiger partial charge in [-0.25, -0.2) is 0 Å². The summed E-state index contributed by atoms with van der Waals surface area (Å²) >= 11 is 0. The third kappa shape index (κ3) is 4.94. The lowest BCUT2D eigenvalue weighted by molar-refractivity contribution is 0.670. The normalized spacial score (nSPS) is 20.6. The highest BCUT2D eigenvalue weighted by molar-refractivity contribution is 6.97. The van der Waals surface area contributed by atoms with Gasteiger partial charge in [-0.15, -0.1) is 0 Å². The third-order valence-electron chi connectivity index (χ3n) is 6.46. The molecule has 0 unspecified atom stereocenters. The molecule has 1 aliphatic rings. The van der Waals surface area contributed by atoms with Crippen LogP contribution in [-0.2, 0) is 0 Å². The van der Waals surface area contributed by atoms with Crippen molar-refractivity contribution in [2.45, 2.75) is 115 Å². The van der Waals surface area contributed by atoms with Crippen LogP contribution in [0.15, 0.2) is 0 Å². The van der Waals surface area contributed by atoms with Gasteiger partial charge in [-0.1, -0.05) is 79.1 Å². The highest BCUT2D eigenvalue weighted by Gasteiger charge is 2.53. The molecule has 22 heavy (non-hydrogen) atoms. The Labute approximate surface area is 143 Å². The van der Waals surface area contributed by atoms with Gasteiger partial charge in [0.05, 0.1) is 0 Å². The molecule has 0 aromatic rings. The number of rotatable bonds is 12. The van der Waals surface area contributed by atoms with Gasteiger partial charge in [0.15, 0.2) is 0 Å². The van der Waals surface area contributed by atoms with Crippen molar-refractivity contribution in [3.8, 4) is 0 Å². The Balaban J connectivity index is 2.90. The molecule has 0 atom stereocenters. The van der Waals surface area contributed by atoms with Crippen molar-refractivity contribution in [1.82, 2.24) is 4.23 Å². The molecule has 0 saturated carbocycles. The Hall–Kier alpha value is 0.394. The van der Waals surface area contributed by atoms with E-state index >= 15 is 0 Å². The van der Waals surface area contributed by atoms with E-state index < -0.39 is 16.5 Å². The van der Waals surface area contributed by atoms with Crippen molar-refractivity contribution < 1.29 is 0 Å². The van der Waals surface area contributed by atoms with Crippen LogP contribution in [0, 0.1) is 0 Å². The van der Waals surface area contributed by atoms with Gasteiger partial charge in [0.25, 0.3) is 0 Å². The summed E-state index contributed by atoms with van der Waals surface area (Å²) < 4.78 is 3.19. The molecule has 0 N–H and O–H groups in total. The molecule has 1 nitrogen and oxygen atoms in total. The lowest BCUT2D eigenvalue weighted by Gasteiger charge is -2.44. The molecular weight excluding hydrogens is 298 g/mol. The molecule has 3 heteroatoms. The van der Waals surface area contributed by atoms with Crippen LogP contribution < -0.4 is 0 Å². The van der Waals surface area contributed by atoms with Crippen LogP contribution in [0.5, 0.6) is 0 Å². The standard InChI is InChI=1S/C19H43NSi2/c1-6-10-14-21(15-11-7-2)18-19-22(20(21)5,16-12-8-3)17-13-9-4/h6-19H2,1-5H3. The molecule has 0 spiro atoms. The van der Waals surface area contributed by atoms with E-state index in [1.807, 2.05) is 0 Å². The maximum Gasteiger partial charge on any atom is 0.121 e. The molecule has 1 rings (SSSR count). The topological polar surface area (TPSA) is 3.24 Å². The van der Waals surface area contributed by atoms with E-state index in [1.165, 1.54) is 51.4 Å². The van der Waals surface area contributed by atoms with Crippen LogP contribution in [0.2, 0.25) is 36.3 Å². The van der Waals surface area contributed by atoms with Gasteiger partial charge in [-0.2, -0.15) is 0 Å². The van der Waals surface area contributed by atoms with E-state index in [1.54, 1.807) is 36.3 Å². The van der Waals surface area contributed by atoms with Crippen LogP contribution in [0.25, 0.3) is 0 Å². The van der Waals surface area contributed by atoms with Crippen molar-refractivity contribution in [1.29, 1.82) is 0 Å². The maximum absolute atomic E-state index is 3.19. The van der Waals surface area contributed by atoms with Crippen LogP contribution in [0.1, 0.15) is 79.1 Å². The van der Waals surface area contributed by atoms with Crippen molar-refractivity contribution in [3.63, 3.8) is 0 Å². The molecule has 132 valence electrons. The van der Waals surface area contributed by atoms with Crippen LogP contribution in [0.4, 0.5) is 0 Å². The molecule has 0 aromatic carbocycles. The number of unbranched alkanes of at least 4 members (excludes halogenated alkanes) is 4. The van der Waals surface area contributed by atoms with Gasteiger partial charge < -0.3 is 4.23 Å². The Bertz CT molecular complexity index is 249. The smallest absolute Gasteiger partial charge is 0.121 e. The monoisotopic (exact) mass is 341 g/mol. The number of hydrogen-bond donors (Lipinski definition) is 0. The Morgan fingerprint density at radius 1 is 0.591 bits per heavy atom. The van der Waals surface area contributed by atoms with E-state index in [9.17, 15) is 0 Å². The van der Waals surface area contributed by atoms with Crippen molar-refractivity contribution in [2.24, 2.45) is 0 Å². The molecule has 1 fully saturated rings. The highest BCUT2D eigenvalue weighted by atomic mass is 28.4. The van der Waals surface area contributed by atoms with Gasteiger partial charge in [0, 0.05) is 0 Å². The second-order valence-electron chi connectivity index (χ2n) is 7.92. The third-order valence-corrected chi connectivity index (χ3v) is 20.2. The van der Waals surface area contributed by atoms with Crippen LogP contribution in [-0.4, -0.2) is 27.7 Å². The van der Waals surface area contributed by atoms with E-state index in [4.69, 9.17) is 0 Å². The van der Waals surface area contributed by atoms with Crippen molar-refractivity contribution in [3.05, 3.63) is 0 Å². The molecule has 0 radical (unpaired) electrons. The SMILES string of the molecule is CCCC[Si]1(CCCC)CC[Si](CCCC)(CCCC)N1C. The Morgan fingerprint density at radius 3 is 1.09 bits per heavy atom. The van der Waals surface area contributed by atoms with Crippen molar-refractivity contribution >= 4 is 16.5 Å². The van der Waals surface area contributed by atoms with Gasteiger partial charge >= 0.3 is 0 Å². The molecule has 1 saturated heterocycles. The van der Waals surface area contributed by atoms with Crippen LogP contribution in [0.3, 0.4) is 0 Å². The predicted molar refractivity (Wildman–Crippen MR) is 108 cm³/mol. The molecule has 1 heterocycles. The first-order valence-electron chi connectivity index (χ1n) is 10.3. The molecule has 0 bridgehead atoms. The quantitative estimate of drug-likeness (QED) is 0.345. The lowest BCUT2D eigenvalue weighted by Crippen LogP contribution is -2.58. The molecule has 0 aromatic heterocycles. The fraction of sp³-hybridized carbons (Fsp3) is 1.00. The zero-order chi connectivity index (χ0) is 16.5. The van der Waals surface area contributed by atoms with Gasteiger partial charge in [-0.05, 0) is 43.3 Å². The number of hydrogen-bond acceptors (Lipinski definition) is 1. The molecule has 0 aliphatic carbocycles. The van der Waals surface area contributed by atoms with Gasteiger partial charge in [0.2, 0.25) is 0 Å². The summed E-state index contributed by atoms with van der Waals surface area (Å²) in [5.41, 5.74) is 0. The minimum atomic E-state index is -1.12. The van der Waals surface area contributed by atoms with Gasteiger partial charge in [0.1, 0.15) is 16.5 Å². The molecular formula is C19H43NSi2. The molecule has 1 aliphatic heterocycles. The predicted octanol–water partition coefficient (Wildman–Crippen LogP) is 7.02. The summed E-state index contributed by atoms with van der Waals surface area (Å²) in [5, 5.41) is 0. The first-order valence-corrected chi connectivity index (χ1v) is 15.5. The van der Waals surface area contributed by atoms with E-state index in [0.29, 0.717) is 0 Å². The zero-order valence-electron chi connectivity index (χ0n) is 16.3. The lowest BCUT2D eigenvalue weighted by atomic mass is 10.4. The Kier molecular flexibility index (Phi) is 9.57. The van der Waals surface area contributed by atoms with Crippen molar-refractivity contribution in [2.75, 3.05) is 7.05 Å². The highest BCUT2D eigenvalue weighted by Crippen LogP contribution is 2.47. The fourth-order valence-corrected chi connectivity index (χ4v) is 22.1. The van der Waals surface area contributed by atoms with E-state index in [-0.39, 0.29) is 0 Å². The number of nitrogens with zero attached hydrogens (tertiary/aromatic N) is 1. The summed E-state index contributed by atoms with van der Waals surface area (Å²) in [5.74, 6) is 0. The zero-order valence-corrected chi connectivity index (χ0v) is 18.3. The largest absolute Gasteiger partial charge is 0.348 e. The average Bonchev–Trinajstić information content (AvgIpc) is 2.81. The maximum atomic E-state index is 3.19. The van der Waals surface area contributed by atoms with E-state index in [0.717, 1.165) is 0 Å². The first kappa shape index (κ1) is 20.4. The minimum absolute atomic E-state index is 1.12. The fourth-order valence-electron chi connectivity index (χ4n) is 4.75. The second-order valence-corrected chi connectivity index (χ2v) is 17.6. The summed E-state index contributed by atoms with van der Waals surface area (Å²) in [7, 11) is 0.377. The van der Waals surface area contributed by atoms with Crippen LogP contribution >= 0.6 is 0 Å². The van der Waals surface area contributed by atoms with E-state index in [2.05, 4.69) is 39.0 Å². The minimum Gasteiger partial charge on any atom is -0.348 e. The summed E-state index contributed by atoms with van der Waals surface area (Å²) in [6.07, 6.45) is 11.6. The summed E-state index contributed by atoms with van der Waals surface area (Å²) in [6.45, 7) is 9.54. The summed E-state index contributed by atoms with van der Waals surface area (Å²) in [6, 6.07) is 9.73. The first-order chi connectivity index (χ1) is 10.6. The van der Waals surface area contributed by atoms with Gasteiger partial charge in [-0.3, -0.25) is 0 Å². The summed E-state index contributed by atoms with van der Waals surface area (Å²) in [4.78, 5) is 0.